The van der Waals surface area contributed by atoms with Crippen LogP contribution in [-0.2, 0) is 23.9 Å². The first-order chi connectivity index (χ1) is 16.1. The van der Waals surface area contributed by atoms with Crippen molar-refractivity contribution < 1.29 is 28.7 Å². The van der Waals surface area contributed by atoms with E-state index in [0.717, 1.165) is 0 Å². The second-order valence-electron chi connectivity index (χ2n) is 7.26. The number of cyclic esters (lactones) is 1. The lowest BCUT2D eigenvalue weighted by atomic mass is 10.3. The number of carbonyl (C=O) groups is 4. The first-order valence-electron chi connectivity index (χ1n) is 10.5. The van der Waals surface area contributed by atoms with E-state index >= 15 is 0 Å². The molecule has 0 bridgehead atoms. The quantitative estimate of drug-likeness (QED) is 0.232. The van der Waals surface area contributed by atoms with E-state index < -0.39 is 28.9 Å². The fraction of sp³-hybridized carbons (Fsp3) is 0.550. The van der Waals surface area contributed by atoms with Crippen molar-refractivity contribution in [3.8, 4) is 0 Å². The third kappa shape index (κ3) is 8.19. The molecule has 0 aromatic carbocycles. The number of nitrogens with zero attached hydrogens (tertiary/aromatic N) is 4. The van der Waals surface area contributed by atoms with Gasteiger partial charge < -0.3 is 19.7 Å². The SMILES string of the molecule is CCN(CCNN(C)C(=O)COC(C)=O)c1ccc(N2C[C@H](CNC(=O)C(Cl)Cl)OC2=O)cn1. The number of esters is 1. The van der Waals surface area contributed by atoms with Crippen LogP contribution in [0.4, 0.5) is 16.3 Å². The number of aromatic nitrogens is 1. The van der Waals surface area contributed by atoms with Gasteiger partial charge in [0, 0.05) is 33.6 Å². The van der Waals surface area contributed by atoms with Gasteiger partial charge in [-0.25, -0.2) is 15.2 Å². The highest BCUT2D eigenvalue weighted by molar-refractivity contribution is 6.53. The van der Waals surface area contributed by atoms with Crippen molar-refractivity contribution in [2.45, 2.75) is 24.8 Å². The van der Waals surface area contributed by atoms with Crippen molar-refractivity contribution in [3.63, 3.8) is 0 Å². The lowest BCUT2D eigenvalue weighted by Gasteiger charge is -2.25. The monoisotopic (exact) mass is 518 g/mol. The minimum Gasteiger partial charge on any atom is -0.456 e. The Kier molecular flexibility index (Phi) is 10.6. The Balaban J connectivity index is 1.86. The van der Waals surface area contributed by atoms with E-state index in [1.165, 1.54) is 16.8 Å². The Labute approximate surface area is 207 Å². The molecule has 2 N–H and O–H groups in total. The van der Waals surface area contributed by atoms with E-state index in [1.54, 1.807) is 25.4 Å². The summed E-state index contributed by atoms with van der Waals surface area (Å²) in [6.07, 6.45) is 0.484. The number of alkyl halides is 2. The first kappa shape index (κ1) is 27.4. The summed E-state index contributed by atoms with van der Waals surface area (Å²) in [6.45, 7) is 4.86. The van der Waals surface area contributed by atoms with Crippen LogP contribution in [0.15, 0.2) is 18.3 Å². The Hall–Kier alpha value is -2.83. The molecule has 12 nitrogen and oxygen atoms in total. The lowest BCUT2D eigenvalue weighted by Crippen LogP contribution is -2.45. The van der Waals surface area contributed by atoms with Crippen LogP contribution in [0.25, 0.3) is 0 Å². The maximum absolute atomic E-state index is 12.2. The third-order valence-electron chi connectivity index (χ3n) is 4.83. The fourth-order valence-corrected chi connectivity index (χ4v) is 3.15. The van der Waals surface area contributed by atoms with Gasteiger partial charge in [-0.2, -0.15) is 0 Å². The van der Waals surface area contributed by atoms with Gasteiger partial charge in [-0.1, -0.05) is 23.2 Å². The zero-order valence-electron chi connectivity index (χ0n) is 19.1. The summed E-state index contributed by atoms with van der Waals surface area (Å²) in [5.74, 6) is -0.763. The second-order valence-corrected chi connectivity index (χ2v) is 8.35. The largest absolute Gasteiger partial charge is 0.456 e. The smallest absolute Gasteiger partial charge is 0.414 e. The molecule has 1 saturated heterocycles. The van der Waals surface area contributed by atoms with Crippen LogP contribution < -0.4 is 20.5 Å². The molecular weight excluding hydrogens is 491 g/mol. The van der Waals surface area contributed by atoms with Gasteiger partial charge in [-0.05, 0) is 19.1 Å². The van der Waals surface area contributed by atoms with Gasteiger partial charge in [0.15, 0.2) is 11.4 Å². The minimum absolute atomic E-state index is 0.0942. The summed E-state index contributed by atoms with van der Waals surface area (Å²) in [5, 5.41) is 3.78. The van der Waals surface area contributed by atoms with Crippen LogP contribution in [0, 0.1) is 0 Å². The number of halogens is 2. The molecule has 2 rings (SSSR count). The van der Waals surface area contributed by atoms with Crippen molar-refractivity contribution in [2.24, 2.45) is 0 Å². The number of ether oxygens (including phenoxy) is 2. The number of anilines is 2. The molecule has 14 heteroatoms. The molecule has 34 heavy (non-hydrogen) atoms. The summed E-state index contributed by atoms with van der Waals surface area (Å²) in [6, 6.07) is 3.53. The van der Waals surface area contributed by atoms with Crippen molar-refractivity contribution in [3.05, 3.63) is 18.3 Å². The zero-order chi connectivity index (χ0) is 25.3. The highest BCUT2D eigenvalue weighted by atomic mass is 35.5. The molecule has 0 radical (unpaired) electrons. The molecule has 0 spiro atoms. The summed E-state index contributed by atoms with van der Waals surface area (Å²) in [7, 11) is 1.55. The summed E-state index contributed by atoms with van der Waals surface area (Å²) in [4.78, 5) is 53.0. The molecule has 0 unspecified atom stereocenters. The molecule has 1 aliphatic rings. The Morgan fingerprint density at radius 1 is 1.35 bits per heavy atom. The molecule has 0 saturated carbocycles. The van der Waals surface area contributed by atoms with Crippen molar-refractivity contribution in [2.75, 3.05) is 56.2 Å². The number of pyridine rings is 1. The van der Waals surface area contributed by atoms with E-state index in [-0.39, 0.29) is 25.6 Å². The molecule has 3 amide bonds. The van der Waals surface area contributed by atoms with E-state index in [0.29, 0.717) is 31.1 Å². The average molecular weight is 519 g/mol. The van der Waals surface area contributed by atoms with Crippen LogP contribution in [-0.4, -0.2) is 91.2 Å². The molecular formula is C20H28Cl2N6O6. The molecule has 1 aliphatic heterocycles. The third-order valence-corrected chi connectivity index (χ3v) is 5.23. The molecule has 1 atom stereocenters. The Bertz CT molecular complexity index is 872. The molecule has 2 heterocycles. The van der Waals surface area contributed by atoms with Crippen molar-refractivity contribution >= 4 is 58.6 Å². The number of amides is 3. The van der Waals surface area contributed by atoms with E-state index in [1.807, 2.05) is 11.8 Å². The van der Waals surface area contributed by atoms with Gasteiger partial charge in [0.05, 0.1) is 25.0 Å². The second kappa shape index (κ2) is 13.2. The average Bonchev–Trinajstić information content (AvgIpc) is 3.18. The fourth-order valence-electron chi connectivity index (χ4n) is 2.99. The number of rotatable bonds is 12. The predicted molar refractivity (Wildman–Crippen MR) is 126 cm³/mol. The first-order valence-corrected chi connectivity index (χ1v) is 11.4. The van der Waals surface area contributed by atoms with Gasteiger partial charge in [0.25, 0.3) is 11.8 Å². The number of hydrogen-bond donors (Lipinski definition) is 2. The Morgan fingerprint density at radius 3 is 2.68 bits per heavy atom. The molecule has 1 aromatic rings. The van der Waals surface area contributed by atoms with Gasteiger partial charge >= 0.3 is 12.1 Å². The van der Waals surface area contributed by atoms with Gasteiger partial charge in [0.2, 0.25) is 0 Å². The maximum atomic E-state index is 12.2. The Morgan fingerprint density at radius 2 is 2.09 bits per heavy atom. The lowest BCUT2D eigenvalue weighted by molar-refractivity contribution is -0.150. The standard InChI is InChI=1S/C20H28Cl2N6O6/c1-4-27(8-7-25-26(3)17(30)12-33-13(2)29)16-6-5-14(9-23-16)28-11-15(34-20(28)32)10-24-19(31)18(21)22/h5-6,9,15,18,25H,4,7-8,10-12H2,1-3H3,(H,24,31)/t15-/m0/s1. The molecule has 1 fully saturated rings. The maximum Gasteiger partial charge on any atom is 0.414 e. The summed E-state index contributed by atoms with van der Waals surface area (Å²) < 4.78 is 9.95. The van der Waals surface area contributed by atoms with E-state index in [9.17, 15) is 19.2 Å². The van der Waals surface area contributed by atoms with Gasteiger partial charge in [-0.3, -0.25) is 24.3 Å². The molecule has 0 aliphatic carbocycles. The van der Waals surface area contributed by atoms with E-state index in [2.05, 4.69) is 20.5 Å². The number of carbonyl (C=O) groups excluding carboxylic acids is 4. The minimum atomic E-state index is -1.19. The molecule has 188 valence electrons. The number of hydrazine groups is 1. The van der Waals surface area contributed by atoms with Crippen molar-refractivity contribution in [1.82, 2.24) is 20.7 Å². The normalized spacial score (nSPS) is 15.2. The highest BCUT2D eigenvalue weighted by Gasteiger charge is 2.33. The van der Waals surface area contributed by atoms with Crippen LogP contribution in [0.3, 0.4) is 0 Å². The summed E-state index contributed by atoms with van der Waals surface area (Å²) >= 11 is 11.0. The summed E-state index contributed by atoms with van der Waals surface area (Å²) in [5.41, 5.74) is 3.50. The molecule has 1 aromatic heterocycles. The van der Waals surface area contributed by atoms with Crippen LogP contribution in [0.2, 0.25) is 0 Å². The predicted octanol–water partition coefficient (Wildman–Crippen LogP) is 0.679. The topological polar surface area (TPSA) is 133 Å². The van der Waals surface area contributed by atoms with Gasteiger partial charge in [-0.15, -0.1) is 0 Å². The van der Waals surface area contributed by atoms with E-state index in [4.69, 9.17) is 27.9 Å². The number of nitrogens with one attached hydrogen (secondary N) is 2. The van der Waals surface area contributed by atoms with Crippen LogP contribution in [0.5, 0.6) is 0 Å². The van der Waals surface area contributed by atoms with Gasteiger partial charge in [0.1, 0.15) is 11.9 Å². The van der Waals surface area contributed by atoms with Crippen LogP contribution >= 0.6 is 23.2 Å². The number of hydrogen-bond acceptors (Lipinski definition) is 9. The number of likely N-dealkylation sites (N-methyl/N-ethyl adjacent to an activating group) is 2. The highest BCUT2D eigenvalue weighted by Crippen LogP contribution is 2.23. The van der Waals surface area contributed by atoms with Crippen molar-refractivity contribution in [1.29, 1.82) is 0 Å². The zero-order valence-corrected chi connectivity index (χ0v) is 20.6. The van der Waals surface area contributed by atoms with Crippen LogP contribution in [0.1, 0.15) is 13.8 Å².